The van der Waals surface area contributed by atoms with Crippen LogP contribution >= 0.6 is 11.6 Å². The average molecular weight is 241 g/mol. The number of aromatic nitrogens is 1. The van der Waals surface area contributed by atoms with E-state index in [4.69, 9.17) is 22.7 Å². The number of hydrogen-bond acceptors (Lipinski definition) is 3. The fourth-order valence-corrected chi connectivity index (χ4v) is 1.63. The van der Waals surface area contributed by atoms with Gasteiger partial charge in [0.1, 0.15) is 0 Å². The Balaban J connectivity index is 2.55. The summed E-state index contributed by atoms with van der Waals surface area (Å²) in [4.78, 5) is 6.03. The van der Waals surface area contributed by atoms with Crippen molar-refractivity contribution < 1.29 is 0 Å². The lowest BCUT2D eigenvalue weighted by molar-refractivity contribution is 0.306. The zero-order valence-electron chi connectivity index (χ0n) is 9.57. The third-order valence-corrected chi connectivity index (χ3v) is 2.75. The summed E-state index contributed by atoms with van der Waals surface area (Å²) in [6.07, 6.45) is 3.36. The maximum Gasteiger partial charge on any atom is 0.0947 e. The highest BCUT2D eigenvalue weighted by Gasteiger charge is 2.10. The van der Waals surface area contributed by atoms with Crippen LogP contribution in [0.2, 0.25) is 5.02 Å². The van der Waals surface area contributed by atoms with Crippen LogP contribution in [0.4, 0.5) is 0 Å². The zero-order valence-corrected chi connectivity index (χ0v) is 10.3. The summed E-state index contributed by atoms with van der Waals surface area (Å²) in [5, 5.41) is 8.00. The smallest absolute Gasteiger partial charge is 0.0947 e. The fraction of sp³-hybridized carbons (Fsp3) is 0.455. The quantitative estimate of drug-likeness (QED) is 0.609. The second kappa shape index (κ2) is 5.82. The summed E-state index contributed by atoms with van der Waals surface area (Å²) in [5.41, 5.74) is 6.47. The summed E-state index contributed by atoms with van der Waals surface area (Å²) in [5.74, 6) is 0.276. The van der Waals surface area contributed by atoms with Crippen molar-refractivity contribution in [3.05, 3.63) is 29.0 Å². The van der Waals surface area contributed by atoms with Crippen LogP contribution in [0, 0.1) is 11.3 Å². The third kappa shape index (κ3) is 3.79. The van der Waals surface area contributed by atoms with Crippen molar-refractivity contribution in [1.29, 1.82) is 5.41 Å². The first-order valence-electron chi connectivity index (χ1n) is 5.11. The highest BCUT2D eigenvalue weighted by Crippen LogP contribution is 2.15. The Morgan fingerprint density at radius 2 is 2.38 bits per heavy atom. The molecule has 0 fully saturated rings. The molecule has 0 saturated carbocycles. The first-order chi connectivity index (χ1) is 7.50. The molecule has 0 aliphatic heterocycles. The van der Waals surface area contributed by atoms with Gasteiger partial charge in [0.2, 0.25) is 0 Å². The second-order valence-corrected chi connectivity index (χ2v) is 4.43. The predicted molar refractivity (Wildman–Crippen MR) is 66.7 cm³/mol. The minimum Gasteiger partial charge on any atom is -0.387 e. The molecule has 0 aliphatic rings. The van der Waals surface area contributed by atoms with Crippen LogP contribution in [-0.2, 0) is 6.54 Å². The van der Waals surface area contributed by atoms with E-state index in [1.54, 1.807) is 12.4 Å². The van der Waals surface area contributed by atoms with E-state index in [2.05, 4.69) is 9.88 Å². The van der Waals surface area contributed by atoms with Gasteiger partial charge in [-0.3, -0.25) is 10.4 Å². The molecule has 5 heteroatoms. The van der Waals surface area contributed by atoms with Gasteiger partial charge in [0.15, 0.2) is 0 Å². The van der Waals surface area contributed by atoms with Crippen molar-refractivity contribution in [2.24, 2.45) is 11.7 Å². The van der Waals surface area contributed by atoms with Crippen LogP contribution in [0.5, 0.6) is 0 Å². The number of nitrogens with zero attached hydrogens (tertiary/aromatic N) is 2. The maximum absolute atomic E-state index is 7.33. The molecule has 0 radical (unpaired) electrons. The van der Waals surface area contributed by atoms with Gasteiger partial charge in [-0.25, -0.2) is 0 Å². The molecule has 1 heterocycles. The van der Waals surface area contributed by atoms with Gasteiger partial charge in [-0.05, 0) is 18.7 Å². The molecule has 3 N–H and O–H groups in total. The van der Waals surface area contributed by atoms with Gasteiger partial charge in [-0.1, -0.05) is 18.5 Å². The molecule has 0 saturated heterocycles. The molecular formula is C11H17ClN4. The Morgan fingerprint density at radius 1 is 1.69 bits per heavy atom. The minimum atomic E-state index is 0.0608. The van der Waals surface area contributed by atoms with Crippen LogP contribution in [0.15, 0.2) is 18.5 Å². The van der Waals surface area contributed by atoms with Gasteiger partial charge >= 0.3 is 0 Å². The van der Waals surface area contributed by atoms with E-state index >= 15 is 0 Å². The van der Waals surface area contributed by atoms with Gasteiger partial charge in [0, 0.05) is 31.4 Å². The highest BCUT2D eigenvalue weighted by atomic mass is 35.5. The largest absolute Gasteiger partial charge is 0.387 e. The molecule has 4 nitrogen and oxygen atoms in total. The molecule has 0 aromatic carbocycles. The lowest BCUT2D eigenvalue weighted by atomic mass is 10.1. The SMILES string of the molecule is CC(CN(C)Cc1ccncc1Cl)C(=N)N. The summed E-state index contributed by atoms with van der Waals surface area (Å²) in [6, 6.07) is 1.90. The van der Waals surface area contributed by atoms with Gasteiger partial charge in [0.05, 0.1) is 10.9 Å². The molecule has 1 aromatic rings. The van der Waals surface area contributed by atoms with Crippen molar-refractivity contribution in [3.8, 4) is 0 Å². The standard InChI is InChI=1S/C11H17ClN4/c1-8(11(13)14)6-16(2)7-9-3-4-15-5-10(9)12/h3-5,8H,6-7H2,1-2H3,(H3,13,14). The maximum atomic E-state index is 7.33. The van der Waals surface area contributed by atoms with Gasteiger partial charge in [-0.2, -0.15) is 0 Å². The molecule has 88 valence electrons. The summed E-state index contributed by atoms with van der Waals surface area (Å²) >= 11 is 6.01. The molecule has 0 aliphatic carbocycles. The Hall–Kier alpha value is -1.13. The van der Waals surface area contributed by atoms with E-state index in [0.717, 1.165) is 18.7 Å². The highest BCUT2D eigenvalue weighted by molar-refractivity contribution is 6.31. The lowest BCUT2D eigenvalue weighted by Gasteiger charge is -2.20. The Labute approximate surface area is 101 Å². The van der Waals surface area contributed by atoms with E-state index in [1.807, 2.05) is 20.0 Å². The van der Waals surface area contributed by atoms with Gasteiger partial charge < -0.3 is 10.6 Å². The van der Waals surface area contributed by atoms with E-state index in [9.17, 15) is 0 Å². The lowest BCUT2D eigenvalue weighted by Crippen LogP contribution is -2.31. The van der Waals surface area contributed by atoms with Crippen LogP contribution in [0.25, 0.3) is 0 Å². The summed E-state index contributed by atoms with van der Waals surface area (Å²) in [7, 11) is 1.98. The number of hydrogen-bond donors (Lipinski definition) is 2. The number of amidine groups is 1. The summed E-state index contributed by atoms with van der Waals surface area (Å²) in [6.45, 7) is 3.42. The predicted octanol–water partition coefficient (Wildman–Crippen LogP) is 1.74. The van der Waals surface area contributed by atoms with Crippen molar-refractivity contribution in [1.82, 2.24) is 9.88 Å². The van der Waals surface area contributed by atoms with Crippen LogP contribution in [0.3, 0.4) is 0 Å². The molecule has 1 unspecified atom stereocenters. The second-order valence-electron chi connectivity index (χ2n) is 4.02. The van der Waals surface area contributed by atoms with Crippen molar-refractivity contribution in [2.75, 3.05) is 13.6 Å². The Morgan fingerprint density at radius 3 is 2.94 bits per heavy atom. The van der Waals surface area contributed by atoms with Gasteiger partial charge in [-0.15, -0.1) is 0 Å². The zero-order chi connectivity index (χ0) is 12.1. The van der Waals surface area contributed by atoms with Gasteiger partial charge in [0.25, 0.3) is 0 Å². The molecule has 1 atom stereocenters. The first-order valence-corrected chi connectivity index (χ1v) is 5.49. The third-order valence-electron chi connectivity index (χ3n) is 2.41. The fourth-order valence-electron chi connectivity index (χ4n) is 1.45. The number of rotatable bonds is 5. The number of nitrogens with two attached hydrogens (primary N) is 1. The summed E-state index contributed by atoms with van der Waals surface area (Å²) < 4.78 is 0. The van der Waals surface area contributed by atoms with Crippen LogP contribution < -0.4 is 5.73 Å². The van der Waals surface area contributed by atoms with Crippen molar-refractivity contribution >= 4 is 17.4 Å². The van der Waals surface area contributed by atoms with Crippen molar-refractivity contribution in [2.45, 2.75) is 13.5 Å². The first kappa shape index (κ1) is 12.9. The molecule has 1 aromatic heterocycles. The van der Waals surface area contributed by atoms with Crippen LogP contribution in [-0.4, -0.2) is 29.3 Å². The van der Waals surface area contributed by atoms with E-state index < -0.39 is 0 Å². The van der Waals surface area contributed by atoms with E-state index in [-0.39, 0.29) is 11.8 Å². The number of pyridine rings is 1. The van der Waals surface area contributed by atoms with E-state index in [0.29, 0.717) is 5.02 Å². The monoisotopic (exact) mass is 240 g/mol. The van der Waals surface area contributed by atoms with E-state index in [1.165, 1.54) is 0 Å². The Bertz CT molecular complexity index is 367. The minimum absolute atomic E-state index is 0.0608. The molecule has 16 heavy (non-hydrogen) atoms. The molecule has 0 amide bonds. The average Bonchev–Trinajstić information content (AvgIpc) is 2.21. The van der Waals surface area contributed by atoms with Crippen molar-refractivity contribution in [3.63, 3.8) is 0 Å². The molecule has 0 spiro atoms. The number of nitrogens with one attached hydrogen (secondary N) is 1. The molecule has 1 rings (SSSR count). The van der Waals surface area contributed by atoms with Crippen LogP contribution in [0.1, 0.15) is 12.5 Å². The Kier molecular flexibility index (Phi) is 4.71. The molecule has 0 bridgehead atoms. The topological polar surface area (TPSA) is 66.0 Å². The normalized spacial score (nSPS) is 12.8. The number of halogens is 1. The molecular weight excluding hydrogens is 224 g/mol.